The number of nitrogens with zero attached hydrogens (tertiary/aromatic N) is 2. The van der Waals surface area contributed by atoms with E-state index < -0.39 is 0 Å². The molecule has 0 aromatic heterocycles. The first kappa shape index (κ1) is 20.5. The van der Waals surface area contributed by atoms with Crippen LogP contribution in [0.15, 0.2) is 29.3 Å². The van der Waals surface area contributed by atoms with Gasteiger partial charge in [0.2, 0.25) is 0 Å². The predicted octanol–water partition coefficient (Wildman–Crippen LogP) is 2.70. The number of hydrogen-bond donors (Lipinski definition) is 2. The molecule has 3 rings (SSSR count). The molecule has 1 aliphatic heterocycles. The van der Waals surface area contributed by atoms with Crippen LogP contribution in [0, 0.1) is 6.92 Å². The monoisotopic (exact) mass is 458 g/mol. The van der Waals surface area contributed by atoms with E-state index in [1.54, 1.807) is 0 Å². The maximum absolute atomic E-state index is 5.53. The Bertz CT molecular complexity index is 539. The molecule has 1 aromatic rings. The van der Waals surface area contributed by atoms with E-state index >= 15 is 0 Å². The molecule has 0 radical (unpaired) electrons. The second-order valence-corrected chi connectivity index (χ2v) is 6.71. The van der Waals surface area contributed by atoms with Crippen LogP contribution in [0.5, 0.6) is 0 Å². The molecule has 2 aliphatic rings. The van der Waals surface area contributed by atoms with Crippen LogP contribution >= 0.6 is 24.0 Å². The maximum atomic E-state index is 5.53. The van der Waals surface area contributed by atoms with E-state index in [9.17, 15) is 0 Å². The van der Waals surface area contributed by atoms with E-state index in [0.29, 0.717) is 12.1 Å². The summed E-state index contributed by atoms with van der Waals surface area (Å²) in [7, 11) is 0. The van der Waals surface area contributed by atoms with Crippen molar-refractivity contribution >= 4 is 29.9 Å². The van der Waals surface area contributed by atoms with Gasteiger partial charge in [-0.25, -0.2) is 0 Å². The third kappa shape index (κ3) is 6.42. The molecule has 1 saturated carbocycles. The molecule has 1 atom stereocenters. The Morgan fingerprint density at radius 2 is 1.92 bits per heavy atom. The highest BCUT2D eigenvalue weighted by Gasteiger charge is 2.24. The van der Waals surface area contributed by atoms with Gasteiger partial charge < -0.3 is 15.4 Å². The van der Waals surface area contributed by atoms with Crippen molar-refractivity contribution in [3.05, 3.63) is 35.4 Å². The summed E-state index contributed by atoms with van der Waals surface area (Å²) in [6.45, 7) is 9.48. The summed E-state index contributed by atoms with van der Waals surface area (Å²) >= 11 is 0. The smallest absolute Gasteiger partial charge is 0.191 e. The molecule has 1 aliphatic carbocycles. The highest BCUT2D eigenvalue weighted by molar-refractivity contribution is 14.0. The Hall–Kier alpha value is -0.860. The van der Waals surface area contributed by atoms with Crippen LogP contribution in [0.1, 0.15) is 36.9 Å². The van der Waals surface area contributed by atoms with E-state index in [-0.39, 0.29) is 24.0 Å². The molecule has 6 heteroatoms. The van der Waals surface area contributed by atoms with Gasteiger partial charge in [-0.1, -0.05) is 29.8 Å². The first-order valence-electron chi connectivity index (χ1n) is 9.19. The summed E-state index contributed by atoms with van der Waals surface area (Å²) in [6, 6.07) is 9.80. The molecule has 25 heavy (non-hydrogen) atoms. The van der Waals surface area contributed by atoms with E-state index in [2.05, 4.69) is 53.6 Å². The molecule has 1 aromatic carbocycles. The van der Waals surface area contributed by atoms with Crippen molar-refractivity contribution in [2.45, 2.75) is 38.8 Å². The summed E-state index contributed by atoms with van der Waals surface area (Å²) in [4.78, 5) is 7.38. The van der Waals surface area contributed by atoms with Crippen molar-refractivity contribution in [2.75, 3.05) is 39.4 Å². The highest BCUT2D eigenvalue weighted by Crippen LogP contribution is 2.23. The Balaban J connectivity index is 0.00000225. The fourth-order valence-electron chi connectivity index (χ4n) is 3.03. The summed E-state index contributed by atoms with van der Waals surface area (Å²) in [5, 5.41) is 6.87. The average molecular weight is 458 g/mol. The van der Waals surface area contributed by atoms with Gasteiger partial charge in [0.25, 0.3) is 0 Å². The average Bonchev–Trinajstić information content (AvgIpc) is 3.42. The van der Waals surface area contributed by atoms with E-state index in [1.807, 2.05) is 0 Å². The molecule has 1 saturated heterocycles. The topological polar surface area (TPSA) is 48.9 Å². The number of halogens is 1. The van der Waals surface area contributed by atoms with E-state index in [4.69, 9.17) is 9.73 Å². The number of hydrogen-bond acceptors (Lipinski definition) is 3. The Kier molecular flexibility index (Phi) is 8.45. The predicted molar refractivity (Wildman–Crippen MR) is 114 cm³/mol. The van der Waals surface area contributed by atoms with Crippen LogP contribution in [-0.2, 0) is 4.74 Å². The lowest BCUT2D eigenvalue weighted by Gasteiger charge is -2.34. The molecule has 5 nitrogen and oxygen atoms in total. The molecule has 2 N–H and O–H groups in total. The number of morpholine rings is 1. The molecule has 1 unspecified atom stereocenters. The zero-order valence-corrected chi connectivity index (χ0v) is 17.7. The third-order valence-electron chi connectivity index (χ3n) is 4.63. The number of rotatable bonds is 6. The molecule has 0 bridgehead atoms. The van der Waals surface area contributed by atoms with Crippen molar-refractivity contribution in [2.24, 2.45) is 4.99 Å². The van der Waals surface area contributed by atoms with Gasteiger partial charge in [0.05, 0.1) is 25.8 Å². The second-order valence-electron chi connectivity index (χ2n) is 6.71. The highest BCUT2D eigenvalue weighted by atomic mass is 127. The molecular weight excluding hydrogens is 427 g/mol. The fraction of sp³-hybridized carbons (Fsp3) is 0.632. The van der Waals surface area contributed by atoms with Crippen LogP contribution in [0.25, 0.3) is 0 Å². The number of aryl methyl sites for hydroxylation is 1. The first-order chi connectivity index (χ1) is 11.8. The minimum atomic E-state index is 0. The Morgan fingerprint density at radius 3 is 2.52 bits per heavy atom. The molecule has 140 valence electrons. The summed E-state index contributed by atoms with van der Waals surface area (Å²) in [5.41, 5.74) is 2.64. The van der Waals surface area contributed by atoms with Crippen molar-refractivity contribution in [3.63, 3.8) is 0 Å². The quantitative estimate of drug-likeness (QED) is 0.391. The molecular formula is C19H31IN4O. The van der Waals surface area contributed by atoms with Gasteiger partial charge in [-0.05, 0) is 32.3 Å². The van der Waals surface area contributed by atoms with Crippen molar-refractivity contribution in [3.8, 4) is 0 Å². The van der Waals surface area contributed by atoms with Gasteiger partial charge >= 0.3 is 0 Å². The number of ether oxygens (including phenoxy) is 1. The van der Waals surface area contributed by atoms with Crippen molar-refractivity contribution < 1.29 is 4.74 Å². The zero-order chi connectivity index (χ0) is 16.8. The molecule has 0 amide bonds. The molecule has 1 heterocycles. The standard InChI is InChI=1S/C19H30N4O.HI/c1-3-20-19(22-17-8-9-17)21-14-18(23-10-12-24-13-11-23)16-6-4-15(2)5-7-16;/h4-7,17-18H,3,8-14H2,1-2H3,(H2,20,21,22);1H. The van der Waals surface area contributed by atoms with Gasteiger partial charge in [0, 0.05) is 25.7 Å². The van der Waals surface area contributed by atoms with Gasteiger partial charge in [0.15, 0.2) is 5.96 Å². The van der Waals surface area contributed by atoms with Crippen LogP contribution in [0.2, 0.25) is 0 Å². The SMILES string of the molecule is CCNC(=NCC(c1ccc(C)cc1)N1CCOCC1)NC1CC1.I. The molecule has 0 spiro atoms. The second kappa shape index (κ2) is 10.3. The van der Waals surface area contributed by atoms with Crippen molar-refractivity contribution in [1.82, 2.24) is 15.5 Å². The lowest BCUT2D eigenvalue weighted by atomic mass is 10.0. The largest absolute Gasteiger partial charge is 0.379 e. The Morgan fingerprint density at radius 1 is 1.24 bits per heavy atom. The summed E-state index contributed by atoms with van der Waals surface area (Å²) in [6.07, 6.45) is 2.52. The van der Waals surface area contributed by atoms with Crippen LogP contribution in [-0.4, -0.2) is 56.3 Å². The third-order valence-corrected chi connectivity index (χ3v) is 4.63. The lowest BCUT2D eigenvalue weighted by Crippen LogP contribution is -2.42. The van der Waals surface area contributed by atoms with Crippen LogP contribution in [0.4, 0.5) is 0 Å². The fourth-order valence-corrected chi connectivity index (χ4v) is 3.03. The first-order valence-corrected chi connectivity index (χ1v) is 9.19. The van der Waals surface area contributed by atoms with Gasteiger partial charge in [-0.2, -0.15) is 0 Å². The van der Waals surface area contributed by atoms with Crippen molar-refractivity contribution in [1.29, 1.82) is 0 Å². The van der Waals surface area contributed by atoms with E-state index in [1.165, 1.54) is 24.0 Å². The summed E-state index contributed by atoms with van der Waals surface area (Å²) < 4.78 is 5.53. The van der Waals surface area contributed by atoms with E-state index in [0.717, 1.165) is 45.4 Å². The minimum Gasteiger partial charge on any atom is -0.379 e. The summed E-state index contributed by atoms with van der Waals surface area (Å²) in [5.74, 6) is 0.949. The minimum absolute atomic E-state index is 0. The van der Waals surface area contributed by atoms with Gasteiger partial charge in [-0.15, -0.1) is 24.0 Å². The molecule has 2 fully saturated rings. The maximum Gasteiger partial charge on any atom is 0.191 e. The van der Waals surface area contributed by atoms with Gasteiger partial charge in [0.1, 0.15) is 0 Å². The number of aliphatic imine (C=N–C) groups is 1. The Labute approximate surface area is 168 Å². The van der Waals surface area contributed by atoms with Gasteiger partial charge in [-0.3, -0.25) is 9.89 Å². The number of nitrogens with one attached hydrogen (secondary N) is 2. The number of benzene rings is 1. The van der Waals surface area contributed by atoms with Crippen LogP contribution in [0.3, 0.4) is 0 Å². The van der Waals surface area contributed by atoms with Crippen LogP contribution < -0.4 is 10.6 Å². The zero-order valence-electron chi connectivity index (χ0n) is 15.3. The normalized spacial score (nSPS) is 19.8. The number of guanidine groups is 1. The lowest BCUT2D eigenvalue weighted by molar-refractivity contribution is 0.0179.